The molecule has 0 saturated carbocycles. The minimum absolute atomic E-state index is 0.00896. The maximum atomic E-state index is 12.9. The molecule has 2 aliphatic heterocycles. The number of benzene rings is 1. The number of hydrogen-bond acceptors (Lipinski definition) is 4. The van der Waals surface area contributed by atoms with Crippen molar-refractivity contribution in [2.45, 2.75) is 25.1 Å². The van der Waals surface area contributed by atoms with Gasteiger partial charge in [-0.15, -0.1) is 0 Å². The largest absolute Gasteiger partial charge is 0.490 e. The van der Waals surface area contributed by atoms with Crippen LogP contribution in [0.15, 0.2) is 18.2 Å². The van der Waals surface area contributed by atoms with E-state index in [1.807, 2.05) is 0 Å². The molecule has 1 aromatic rings. The molecule has 0 atom stereocenters. The number of halogens is 3. The standard InChI is InChI=1S/C16H19F3N2O3/c17-16(18,19)11-1-2-14-13(9-11)21(5-8-24-14)10-15(22)20-12-3-6-23-7-4-12/h1-2,9,12H,3-8,10H2,(H,20,22). The predicted octanol–water partition coefficient (Wildman–Crippen LogP) is 2.20. The van der Waals surface area contributed by atoms with Crippen LogP contribution in [0.25, 0.3) is 0 Å². The molecule has 1 aromatic carbocycles. The van der Waals surface area contributed by atoms with Crippen LogP contribution in [-0.4, -0.2) is 44.9 Å². The summed E-state index contributed by atoms with van der Waals surface area (Å²) in [7, 11) is 0. The van der Waals surface area contributed by atoms with Gasteiger partial charge in [0.05, 0.1) is 24.3 Å². The highest BCUT2D eigenvalue weighted by molar-refractivity contribution is 5.82. The number of nitrogens with one attached hydrogen (secondary N) is 1. The van der Waals surface area contributed by atoms with E-state index in [4.69, 9.17) is 9.47 Å². The quantitative estimate of drug-likeness (QED) is 0.913. The van der Waals surface area contributed by atoms with Crippen molar-refractivity contribution in [2.75, 3.05) is 37.8 Å². The SMILES string of the molecule is O=C(CN1CCOc2ccc(C(F)(F)F)cc21)NC1CCOCC1. The van der Waals surface area contributed by atoms with Gasteiger partial charge in [0.15, 0.2) is 0 Å². The van der Waals surface area contributed by atoms with E-state index in [0.29, 0.717) is 37.8 Å². The van der Waals surface area contributed by atoms with Gasteiger partial charge in [0.2, 0.25) is 5.91 Å². The number of rotatable bonds is 3. The number of ether oxygens (including phenoxy) is 2. The molecule has 0 bridgehead atoms. The molecule has 1 saturated heterocycles. The Morgan fingerprint density at radius 3 is 2.71 bits per heavy atom. The summed E-state index contributed by atoms with van der Waals surface area (Å²) in [5, 5.41) is 2.92. The number of alkyl halides is 3. The number of carbonyl (C=O) groups is 1. The lowest BCUT2D eigenvalue weighted by Crippen LogP contribution is -2.46. The summed E-state index contributed by atoms with van der Waals surface area (Å²) in [4.78, 5) is 13.8. The molecule has 24 heavy (non-hydrogen) atoms. The zero-order valence-electron chi connectivity index (χ0n) is 13.1. The van der Waals surface area contributed by atoms with Crippen LogP contribution in [0.3, 0.4) is 0 Å². The molecular weight excluding hydrogens is 325 g/mol. The first kappa shape index (κ1) is 16.9. The van der Waals surface area contributed by atoms with Crippen LogP contribution < -0.4 is 15.0 Å². The van der Waals surface area contributed by atoms with Gasteiger partial charge in [-0.2, -0.15) is 13.2 Å². The first-order valence-corrected chi connectivity index (χ1v) is 7.89. The van der Waals surface area contributed by atoms with Gasteiger partial charge in [-0.1, -0.05) is 0 Å². The van der Waals surface area contributed by atoms with Crippen molar-refractivity contribution in [1.82, 2.24) is 5.32 Å². The fourth-order valence-electron chi connectivity index (χ4n) is 2.90. The average molecular weight is 344 g/mol. The third kappa shape index (κ3) is 3.92. The first-order valence-electron chi connectivity index (χ1n) is 7.89. The molecule has 0 spiro atoms. The highest BCUT2D eigenvalue weighted by atomic mass is 19.4. The van der Waals surface area contributed by atoms with Crippen LogP contribution in [0.5, 0.6) is 5.75 Å². The van der Waals surface area contributed by atoms with Crippen LogP contribution in [0.4, 0.5) is 18.9 Å². The minimum atomic E-state index is -4.43. The van der Waals surface area contributed by atoms with E-state index in [1.54, 1.807) is 4.90 Å². The fourth-order valence-corrected chi connectivity index (χ4v) is 2.90. The van der Waals surface area contributed by atoms with E-state index < -0.39 is 11.7 Å². The van der Waals surface area contributed by atoms with Gasteiger partial charge < -0.3 is 19.7 Å². The molecule has 0 radical (unpaired) electrons. The van der Waals surface area contributed by atoms with Crippen molar-refractivity contribution in [3.8, 4) is 5.75 Å². The zero-order valence-corrected chi connectivity index (χ0v) is 13.1. The van der Waals surface area contributed by atoms with Gasteiger partial charge in [0.25, 0.3) is 0 Å². The minimum Gasteiger partial charge on any atom is -0.490 e. The number of hydrogen-bond donors (Lipinski definition) is 1. The van der Waals surface area contributed by atoms with Gasteiger partial charge in [-0.3, -0.25) is 4.79 Å². The van der Waals surface area contributed by atoms with E-state index in [2.05, 4.69) is 5.32 Å². The Labute approximate surface area is 137 Å². The molecule has 0 unspecified atom stereocenters. The van der Waals surface area contributed by atoms with Crippen molar-refractivity contribution in [2.24, 2.45) is 0 Å². The van der Waals surface area contributed by atoms with Gasteiger partial charge in [0, 0.05) is 19.3 Å². The summed E-state index contributed by atoms with van der Waals surface area (Å²) in [6.45, 7) is 1.94. The van der Waals surface area contributed by atoms with Crippen molar-refractivity contribution >= 4 is 11.6 Å². The predicted molar refractivity (Wildman–Crippen MR) is 81.1 cm³/mol. The van der Waals surface area contributed by atoms with E-state index >= 15 is 0 Å². The Balaban J connectivity index is 1.70. The number of carbonyl (C=O) groups excluding carboxylic acids is 1. The van der Waals surface area contributed by atoms with Crippen LogP contribution in [0.1, 0.15) is 18.4 Å². The Bertz CT molecular complexity index is 601. The summed E-state index contributed by atoms with van der Waals surface area (Å²) in [6.07, 6.45) is -2.92. The Morgan fingerprint density at radius 1 is 1.25 bits per heavy atom. The van der Waals surface area contributed by atoms with E-state index in [1.165, 1.54) is 6.07 Å². The number of nitrogens with zero attached hydrogens (tertiary/aromatic N) is 1. The van der Waals surface area contributed by atoms with Gasteiger partial charge >= 0.3 is 6.18 Å². The van der Waals surface area contributed by atoms with E-state index in [0.717, 1.165) is 25.0 Å². The average Bonchev–Trinajstić information content (AvgIpc) is 2.55. The molecule has 132 valence electrons. The van der Waals surface area contributed by atoms with Gasteiger partial charge in [-0.05, 0) is 31.0 Å². The summed E-state index contributed by atoms with van der Waals surface area (Å²) in [5.41, 5.74) is -0.445. The third-order valence-electron chi connectivity index (χ3n) is 4.17. The molecule has 3 rings (SSSR count). The maximum Gasteiger partial charge on any atom is 0.416 e. The second-order valence-electron chi connectivity index (χ2n) is 5.90. The second-order valence-corrected chi connectivity index (χ2v) is 5.90. The summed E-state index contributed by atoms with van der Waals surface area (Å²) in [5.74, 6) is 0.167. The lowest BCUT2D eigenvalue weighted by atomic mass is 10.1. The highest BCUT2D eigenvalue weighted by Gasteiger charge is 2.33. The summed E-state index contributed by atoms with van der Waals surface area (Å²) in [6, 6.07) is 3.40. The van der Waals surface area contributed by atoms with Crippen molar-refractivity contribution in [3.63, 3.8) is 0 Å². The molecule has 1 fully saturated rings. The molecule has 2 heterocycles. The van der Waals surface area contributed by atoms with E-state index in [9.17, 15) is 18.0 Å². The van der Waals surface area contributed by atoms with Gasteiger partial charge in [0.1, 0.15) is 12.4 Å². The Morgan fingerprint density at radius 2 is 2.00 bits per heavy atom. The number of amides is 1. The summed E-state index contributed by atoms with van der Waals surface area (Å²) >= 11 is 0. The van der Waals surface area contributed by atoms with Crippen LogP contribution in [-0.2, 0) is 15.7 Å². The molecule has 1 amide bonds. The smallest absolute Gasteiger partial charge is 0.416 e. The molecule has 0 aliphatic carbocycles. The summed E-state index contributed by atoms with van der Waals surface area (Å²) < 4.78 is 49.4. The zero-order chi connectivity index (χ0) is 17.2. The van der Waals surface area contributed by atoms with Crippen LogP contribution >= 0.6 is 0 Å². The molecular formula is C16H19F3N2O3. The fraction of sp³-hybridized carbons (Fsp3) is 0.562. The molecule has 1 N–H and O–H groups in total. The van der Waals surface area contributed by atoms with Gasteiger partial charge in [-0.25, -0.2) is 0 Å². The van der Waals surface area contributed by atoms with Crippen molar-refractivity contribution in [1.29, 1.82) is 0 Å². The number of fused-ring (bicyclic) bond motifs is 1. The van der Waals surface area contributed by atoms with Crippen molar-refractivity contribution < 1.29 is 27.4 Å². The topological polar surface area (TPSA) is 50.8 Å². The van der Waals surface area contributed by atoms with Crippen LogP contribution in [0, 0.1) is 0 Å². The lowest BCUT2D eigenvalue weighted by molar-refractivity contribution is -0.137. The first-order chi connectivity index (χ1) is 11.4. The second kappa shape index (κ2) is 6.88. The molecule has 2 aliphatic rings. The molecule has 5 nitrogen and oxygen atoms in total. The lowest BCUT2D eigenvalue weighted by Gasteiger charge is -2.32. The third-order valence-corrected chi connectivity index (χ3v) is 4.17. The highest BCUT2D eigenvalue weighted by Crippen LogP contribution is 2.38. The van der Waals surface area contributed by atoms with Crippen molar-refractivity contribution in [3.05, 3.63) is 23.8 Å². The molecule has 0 aromatic heterocycles. The normalized spacial score (nSPS) is 18.7. The Kier molecular flexibility index (Phi) is 4.84. The monoisotopic (exact) mass is 344 g/mol. The Hall–Kier alpha value is -1.96. The van der Waals surface area contributed by atoms with Crippen LogP contribution in [0.2, 0.25) is 0 Å². The maximum absolute atomic E-state index is 12.9. The molecule has 8 heteroatoms. The van der Waals surface area contributed by atoms with E-state index in [-0.39, 0.29) is 18.5 Å². The number of anilines is 1.